The zero-order valence-electron chi connectivity index (χ0n) is 16.8. The van der Waals surface area contributed by atoms with Crippen molar-refractivity contribution in [2.75, 3.05) is 5.32 Å². The van der Waals surface area contributed by atoms with E-state index in [1.165, 1.54) is 25.1 Å². The fourth-order valence-corrected chi connectivity index (χ4v) is 3.09. The molecule has 3 N–H and O–H groups in total. The summed E-state index contributed by atoms with van der Waals surface area (Å²) in [5.41, 5.74) is -0.706. The minimum atomic E-state index is -1.33. The van der Waals surface area contributed by atoms with Crippen LogP contribution in [0.25, 0.3) is 11.1 Å². The molecule has 0 radical (unpaired) electrons. The second-order valence-corrected chi connectivity index (χ2v) is 6.92. The van der Waals surface area contributed by atoms with Gasteiger partial charge in [0.1, 0.15) is 28.9 Å². The Morgan fingerprint density at radius 3 is 2.47 bits per heavy atom. The molecule has 5 nitrogen and oxygen atoms in total. The smallest absolute Gasteiger partial charge is 0.344 e. The number of phenols is 1. The summed E-state index contributed by atoms with van der Waals surface area (Å²) in [6, 6.07) is 9.11. The highest BCUT2D eigenvalue weighted by atomic mass is 19.1. The number of rotatable bonds is 8. The average molecular weight is 449 g/mol. The zero-order chi connectivity index (χ0) is 23.4. The lowest BCUT2D eigenvalue weighted by Crippen LogP contribution is -2.26. The quantitative estimate of drug-likeness (QED) is 0.398. The van der Waals surface area contributed by atoms with Crippen LogP contribution in [0, 0.1) is 23.3 Å². The summed E-state index contributed by atoms with van der Waals surface area (Å²) in [5.74, 6) is -5.73. The standard InChI is InChI=1S/C23H19F4NO4/c1-2-18(23(30)31)32-19-7-6-17(25)22(21(19)27)28-11-13-9-15(29)10-16(20(13)26)12-4-3-5-14(24)8-12/h3-10,18,28-29H,2,11H2,1H3,(H,30,31). The van der Waals surface area contributed by atoms with Crippen LogP contribution in [-0.4, -0.2) is 22.3 Å². The number of benzene rings is 3. The first kappa shape index (κ1) is 22.9. The Hall–Kier alpha value is -3.75. The summed E-state index contributed by atoms with van der Waals surface area (Å²) in [7, 11) is 0. The number of hydrogen-bond acceptors (Lipinski definition) is 4. The molecule has 0 aromatic heterocycles. The number of carboxylic acid groups (broad SMARTS) is 1. The van der Waals surface area contributed by atoms with E-state index in [0.29, 0.717) is 0 Å². The first-order chi connectivity index (χ1) is 15.2. The summed E-state index contributed by atoms with van der Waals surface area (Å²) in [6.45, 7) is 1.09. The van der Waals surface area contributed by atoms with Gasteiger partial charge in [0.2, 0.25) is 0 Å². The van der Waals surface area contributed by atoms with Crippen LogP contribution in [0.15, 0.2) is 48.5 Å². The molecule has 3 aromatic rings. The van der Waals surface area contributed by atoms with E-state index in [9.17, 15) is 23.1 Å². The highest BCUT2D eigenvalue weighted by Gasteiger charge is 2.22. The number of halogens is 4. The van der Waals surface area contributed by atoms with E-state index in [0.717, 1.165) is 30.3 Å². The molecule has 0 aliphatic carbocycles. The molecule has 0 saturated carbocycles. The van der Waals surface area contributed by atoms with Crippen molar-refractivity contribution in [2.45, 2.75) is 26.0 Å². The average Bonchev–Trinajstić information content (AvgIpc) is 2.74. The fraction of sp³-hybridized carbons (Fsp3) is 0.174. The molecule has 0 aliphatic heterocycles. The van der Waals surface area contributed by atoms with Crippen molar-refractivity contribution in [1.29, 1.82) is 0 Å². The molecule has 0 heterocycles. The van der Waals surface area contributed by atoms with E-state index in [1.54, 1.807) is 0 Å². The molecule has 0 fully saturated rings. The van der Waals surface area contributed by atoms with Crippen LogP contribution < -0.4 is 10.1 Å². The molecule has 32 heavy (non-hydrogen) atoms. The number of carboxylic acids is 1. The van der Waals surface area contributed by atoms with E-state index in [2.05, 4.69) is 5.32 Å². The van der Waals surface area contributed by atoms with Gasteiger partial charge in [-0.05, 0) is 48.4 Å². The molecule has 3 rings (SSSR count). The summed E-state index contributed by atoms with van der Waals surface area (Å²) < 4.78 is 62.6. The summed E-state index contributed by atoms with van der Waals surface area (Å²) in [6.07, 6.45) is -1.29. The second-order valence-electron chi connectivity index (χ2n) is 6.92. The van der Waals surface area contributed by atoms with Gasteiger partial charge in [0.15, 0.2) is 17.7 Å². The van der Waals surface area contributed by atoms with Crippen molar-refractivity contribution in [3.63, 3.8) is 0 Å². The number of hydrogen-bond donors (Lipinski definition) is 3. The maximum absolute atomic E-state index is 15.0. The number of anilines is 1. The van der Waals surface area contributed by atoms with Gasteiger partial charge in [0, 0.05) is 17.7 Å². The number of ether oxygens (including phenoxy) is 1. The van der Waals surface area contributed by atoms with Crippen molar-refractivity contribution < 1.29 is 37.3 Å². The molecule has 3 aromatic carbocycles. The van der Waals surface area contributed by atoms with Gasteiger partial charge in [-0.2, -0.15) is 0 Å². The molecular formula is C23H19F4NO4. The van der Waals surface area contributed by atoms with Crippen LogP contribution in [0.3, 0.4) is 0 Å². The summed E-state index contributed by atoms with van der Waals surface area (Å²) in [5, 5.41) is 21.4. The van der Waals surface area contributed by atoms with Crippen molar-refractivity contribution in [3.05, 3.63) is 77.4 Å². The van der Waals surface area contributed by atoms with E-state index >= 15 is 4.39 Å². The molecule has 0 aliphatic rings. The number of nitrogens with one attached hydrogen (secondary N) is 1. The second kappa shape index (κ2) is 9.59. The minimum absolute atomic E-state index is 0.0479. The van der Waals surface area contributed by atoms with Gasteiger partial charge >= 0.3 is 5.97 Å². The van der Waals surface area contributed by atoms with Crippen molar-refractivity contribution >= 4 is 11.7 Å². The normalized spacial score (nSPS) is 11.8. The molecule has 0 bridgehead atoms. The molecule has 9 heteroatoms. The SMILES string of the molecule is CCC(Oc1ccc(F)c(NCc2cc(O)cc(-c3cccc(F)c3)c2F)c1F)C(=O)O. The van der Waals surface area contributed by atoms with Crippen LogP contribution in [0.5, 0.6) is 11.5 Å². The summed E-state index contributed by atoms with van der Waals surface area (Å²) >= 11 is 0. The van der Waals surface area contributed by atoms with Gasteiger partial charge in [0.05, 0.1) is 0 Å². The van der Waals surface area contributed by atoms with Crippen molar-refractivity contribution in [2.24, 2.45) is 0 Å². The predicted octanol–water partition coefficient (Wildman–Crippen LogP) is 5.47. The molecule has 0 saturated heterocycles. The highest BCUT2D eigenvalue weighted by molar-refractivity contribution is 5.73. The Bertz CT molecular complexity index is 1150. The lowest BCUT2D eigenvalue weighted by Gasteiger charge is -2.17. The van der Waals surface area contributed by atoms with Gasteiger partial charge in [-0.15, -0.1) is 0 Å². The minimum Gasteiger partial charge on any atom is -0.508 e. The van der Waals surface area contributed by atoms with Crippen LogP contribution in [0.1, 0.15) is 18.9 Å². The summed E-state index contributed by atoms with van der Waals surface area (Å²) in [4.78, 5) is 11.1. The maximum Gasteiger partial charge on any atom is 0.344 e. The Kier molecular flexibility index (Phi) is 6.87. The Balaban J connectivity index is 1.90. The van der Waals surface area contributed by atoms with E-state index < -0.39 is 53.3 Å². The third kappa shape index (κ3) is 4.93. The number of aliphatic carboxylic acids is 1. The first-order valence-electron chi connectivity index (χ1n) is 9.59. The molecule has 168 valence electrons. The van der Waals surface area contributed by atoms with Crippen LogP contribution in [0.2, 0.25) is 0 Å². The number of carbonyl (C=O) groups is 1. The Morgan fingerprint density at radius 1 is 1.06 bits per heavy atom. The van der Waals surface area contributed by atoms with Crippen LogP contribution in [0.4, 0.5) is 23.2 Å². The van der Waals surface area contributed by atoms with E-state index in [4.69, 9.17) is 9.84 Å². The Morgan fingerprint density at radius 2 is 1.81 bits per heavy atom. The van der Waals surface area contributed by atoms with Crippen molar-refractivity contribution in [1.82, 2.24) is 0 Å². The third-order valence-electron chi connectivity index (χ3n) is 4.70. The van der Waals surface area contributed by atoms with Gasteiger partial charge in [0.25, 0.3) is 0 Å². The van der Waals surface area contributed by atoms with E-state index in [1.807, 2.05) is 0 Å². The zero-order valence-corrected chi connectivity index (χ0v) is 16.8. The number of aromatic hydroxyl groups is 1. The third-order valence-corrected chi connectivity index (χ3v) is 4.70. The fourth-order valence-electron chi connectivity index (χ4n) is 3.09. The molecule has 1 atom stereocenters. The highest BCUT2D eigenvalue weighted by Crippen LogP contribution is 2.32. The monoisotopic (exact) mass is 449 g/mol. The van der Waals surface area contributed by atoms with Crippen LogP contribution >= 0.6 is 0 Å². The van der Waals surface area contributed by atoms with Gasteiger partial charge in [-0.1, -0.05) is 19.1 Å². The van der Waals surface area contributed by atoms with Gasteiger partial charge in [-0.25, -0.2) is 22.4 Å². The predicted molar refractivity (Wildman–Crippen MR) is 109 cm³/mol. The molecular weight excluding hydrogens is 430 g/mol. The van der Waals surface area contributed by atoms with Gasteiger partial charge in [-0.3, -0.25) is 0 Å². The van der Waals surface area contributed by atoms with Gasteiger partial charge < -0.3 is 20.3 Å². The maximum atomic E-state index is 15.0. The Labute approximate surface area is 180 Å². The molecule has 1 unspecified atom stereocenters. The van der Waals surface area contributed by atoms with Crippen molar-refractivity contribution in [3.8, 4) is 22.6 Å². The molecule has 0 spiro atoms. The largest absolute Gasteiger partial charge is 0.508 e. The topological polar surface area (TPSA) is 78.8 Å². The number of phenolic OH excluding ortho intramolecular Hbond substituents is 1. The van der Waals surface area contributed by atoms with Crippen LogP contribution in [-0.2, 0) is 11.3 Å². The lowest BCUT2D eigenvalue weighted by molar-refractivity contribution is -0.145. The first-order valence-corrected chi connectivity index (χ1v) is 9.59. The molecule has 0 amide bonds. The lowest BCUT2D eigenvalue weighted by atomic mass is 10.0. The van der Waals surface area contributed by atoms with E-state index in [-0.39, 0.29) is 28.9 Å².